The van der Waals surface area contributed by atoms with Crippen molar-refractivity contribution in [3.8, 4) is 0 Å². The normalized spacial score (nSPS) is 18.9. The molecule has 1 fully saturated rings. The molecule has 2 aliphatic heterocycles. The van der Waals surface area contributed by atoms with Crippen molar-refractivity contribution in [3.05, 3.63) is 64.6 Å². The van der Waals surface area contributed by atoms with E-state index < -0.39 is 10.8 Å². The van der Waals surface area contributed by atoms with E-state index in [0.717, 1.165) is 50.5 Å². The first-order valence-electron chi connectivity index (χ1n) is 9.45. The van der Waals surface area contributed by atoms with Gasteiger partial charge < -0.3 is 15.6 Å². The maximum absolute atomic E-state index is 14.1. The fourth-order valence-electron chi connectivity index (χ4n) is 4.17. The van der Waals surface area contributed by atoms with E-state index in [0.29, 0.717) is 18.4 Å². The van der Waals surface area contributed by atoms with Crippen LogP contribution in [-0.2, 0) is 10.2 Å². The largest absolute Gasteiger partial charge is 0.323 e. The van der Waals surface area contributed by atoms with Crippen molar-refractivity contribution in [2.75, 3.05) is 31.1 Å². The molecular formula is C20H24FN5O3. The van der Waals surface area contributed by atoms with Crippen LogP contribution in [0.1, 0.15) is 24.8 Å². The number of hydrazone groups is 1. The highest BCUT2D eigenvalue weighted by molar-refractivity contribution is 6.47. The lowest BCUT2D eigenvalue weighted by molar-refractivity contribution is -0.402. The number of piperidine rings is 1. The molecule has 1 saturated heterocycles. The number of hydrogen-bond donors (Lipinski definition) is 1. The Balaban J connectivity index is 1.88. The van der Waals surface area contributed by atoms with Crippen LogP contribution in [-0.4, -0.2) is 47.6 Å². The molecular weight excluding hydrogens is 377 g/mol. The average molecular weight is 401 g/mol. The van der Waals surface area contributed by atoms with Crippen molar-refractivity contribution in [2.45, 2.75) is 24.7 Å². The molecule has 0 unspecified atom stereocenters. The van der Waals surface area contributed by atoms with Crippen LogP contribution in [0.3, 0.4) is 0 Å². The summed E-state index contributed by atoms with van der Waals surface area (Å²) in [6, 6.07) is 4.38. The van der Waals surface area contributed by atoms with E-state index in [-0.39, 0.29) is 16.9 Å². The minimum absolute atomic E-state index is 0.225. The van der Waals surface area contributed by atoms with Gasteiger partial charge in [0.15, 0.2) is 5.71 Å². The van der Waals surface area contributed by atoms with E-state index in [1.807, 2.05) is 6.08 Å². The summed E-state index contributed by atoms with van der Waals surface area (Å²) in [6.45, 7) is 6.72. The van der Waals surface area contributed by atoms with Gasteiger partial charge in [-0.1, -0.05) is 6.08 Å². The fraction of sp³-hybridized carbons (Fsp3) is 0.400. The molecule has 154 valence electrons. The van der Waals surface area contributed by atoms with Gasteiger partial charge in [0.2, 0.25) is 6.20 Å². The first-order chi connectivity index (χ1) is 13.9. The van der Waals surface area contributed by atoms with Crippen LogP contribution in [0, 0.1) is 15.9 Å². The molecule has 0 radical (unpaired) electrons. The van der Waals surface area contributed by atoms with Gasteiger partial charge in [0, 0.05) is 30.3 Å². The Morgan fingerprint density at radius 3 is 2.76 bits per heavy atom. The number of anilines is 1. The molecule has 0 atom stereocenters. The Labute approximate surface area is 168 Å². The van der Waals surface area contributed by atoms with Crippen molar-refractivity contribution < 1.29 is 14.1 Å². The number of carbonyl (C=O) groups excluding carboxylic acids is 1. The summed E-state index contributed by atoms with van der Waals surface area (Å²) in [7, 11) is 0. The molecule has 8 nitrogen and oxygen atoms in total. The Bertz CT molecular complexity index is 875. The molecule has 2 heterocycles. The Hall–Kier alpha value is -3.07. The Kier molecular flexibility index (Phi) is 6.07. The van der Waals surface area contributed by atoms with Gasteiger partial charge in [-0.25, -0.2) is 4.39 Å². The van der Waals surface area contributed by atoms with Crippen LogP contribution in [0.25, 0.3) is 0 Å². The van der Waals surface area contributed by atoms with Crippen molar-refractivity contribution >= 4 is 17.3 Å². The zero-order chi connectivity index (χ0) is 21.0. The number of carbonyl (C=O) groups is 1. The number of fused-ring (bicyclic) bond motifs is 2. The third kappa shape index (κ3) is 4.19. The highest BCUT2D eigenvalue weighted by atomic mass is 19.1. The lowest BCUT2D eigenvalue weighted by Crippen LogP contribution is -2.47. The van der Waals surface area contributed by atoms with Crippen LogP contribution >= 0.6 is 0 Å². The fourth-order valence-corrected chi connectivity index (χ4v) is 4.17. The second-order valence-corrected chi connectivity index (χ2v) is 7.37. The number of hydrogen-bond acceptors (Lipinski definition) is 6. The van der Waals surface area contributed by atoms with Gasteiger partial charge in [-0.15, -0.1) is 6.58 Å². The average Bonchev–Trinajstić information content (AvgIpc) is 3.01. The Morgan fingerprint density at radius 2 is 2.14 bits per heavy atom. The SMILES string of the molecule is C=CCCN1CCC2(CC1)CN(C(=O)C(/C=C/[N+](=O)[O-])=N/N)c1ccc(F)cc12. The van der Waals surface area contributed by atoms with E-state index in [9.17, 15) is 19.3 Å². The van der Waals surface area contributed by atoms with Gasteiger partial charge in [-0.05, 0) is 56.1 Å². The molecule has 9 heteroatoms. The summed E-state index contributed by atoms with van der Waals surface area (Å²) in [5.74, 6) is 4.41. The summed E-state index contributed by atoms with van der Waals surface area (Å²) in [5, 5.41) is 14.0. The standard InChI is InChI=1S/C20H24FN5O3/c1-2-3-9-24-11-7-20(8-12-24)14-25(18-5-4-15(21)13-16(18)20)19(27)17(23-22)6-10-26(28)29/h2,4-6,10,13H,1,3,7-9,11-12,14,22H2/b10-6+,23-17+. The summed E-state index contributed by atoms with van der Waals surface area (Å²) in [4.78, 5) is 26.7. The van der Waals surface area contributed by atoms with E-state index in [1.54, 1.807) is 6.07 Å². The van der Waals surface area contributed by atoms with Gasteiger partial charge in [0.25, 0.3) is 5.91 Å². The molecule has 1 amide bonds. The first-order valence-corrected chi connectivity index (χ1v) is 9.45. The molecule has 29 heavy (non-hydrogen) atoms. The maximum atomic E-state index is 14.1. The minimum Gasteiger partial charge on any atom is -0.323 e. The summed E-state index contributed by atoms with van der Waals surface area (Å²) in [6.07, 6.45) is 5.96. The number of halogens is 1. The predicted molar refractivity (Wildman–Crippen MR) is 109 cm³/mol. The summed E-state index contributed by atoms with van der Waals surface area (Å²) < 4.78 is 14.1. The first kappa shape index (κ1) is 20.7. The summed E-state index contributed by atoms with van der Waals surface area (Å²) >= 11 is 0. The monoisotopic (exact) mass is 401 g/mol. The second kappa shape index (κ2) is 8.52. The highest BCUT2D eigenvalue weighted by Gasteiger charge is 2.47. The predicted octanol–water partition coefficient (Wildman–Crippen LogP) is 2.19. The second-order valence-electron chi connectivity index (χ2n) is 7.37. The number of benzene rings is 1. The number of amides is 1. The zero-order valence-electron chi connectivity index (χ0n) is 16.1. The number of nitro groups is 1. The lowest BCUT2D eigenvalue weighted by Gasteiger charge is -2.39. The number of nitrogens with two attached hydrogens (primary N) is 1. The van der Waals surface area contributed by atoms with E-state index in [2.05, 4.69) is 16.6 Å². The van der Waals surface area contributed by atoms with Gasteiger partial charge in [0.05, 0.1) is 4.92 Å². The van der Waals surface area contributed by atoms with E-state index in [4.69, 9.17) is 5.84 Å². The van der Waals surface area contributed by atoms with Crippen LogP contribution in [0.15, 0.2) is 48.2 Å². The number of likely N-dealkylation sites (tertiary alicyclic amines) is 1. The molecule has 3 rings (SSSR count). The molecule has 2 aliphatic rings. The van der Waals surface area contributed by atoms with E-state index in [1.165, 1.54) is 17.0 Å². The smallest absolute Gasteiger partial charge is 0.278 e. The zero-order valence-corrected chi connectivity index (χ0v) is 16.1. The maximum Gasteiger partial charge on any atom is 0.278 e. The molecule has 1 aromatic rings. The van der Waals surface area contributed by atoms with Crippen molar-refractivity contribution in [1.82, 2.24) is 4.90 Å². The van der Waals surface area contributed by atoms with E-state index >= 15 is 0 Å². The molecule has 0 saturated carbocycles. The highest BCUT2D eigenvalue weighted by Crippen LogP contribution is 2.47. The third-order valence-corrected chi connectivity index (χ3v) is 5.70. The summed E-state index contributed by atoms with van der Waals surface area (Å²) in [5.41, 5.74) is 0.817. The Morgan fingerprint density at radius 1 is 1.41 bits per heavy atom. The van der Waals surface area contributed by atoms with Crippen LogP contribution in [0.2, 0.25) is 0 Å². The van der Waals surface area contributed by atoms with Gasteiger partial charge >= 0.3 is 0 Å². The number of nitrogens with zero attached hydrogens (tertiary/aromatic N) is 4. The molecule has 1 spiro atoms. The van der Waals surface area contributed by atoms with Crippen molar-refractivity contribution in [3.63, 3.8) is 0 Å². The van der Waals surface area contributed by atoms with Gasteiger partial charge in [-0.3, -0.25) is 14.9 Å². The van der Waals surface area contributed by atoms with Crippen LogP contribution < -0.4 is 10.7 Å². The van der Waals surface area contributed by atoms with Gasteiger partial charge in [-0.2, -0.15) is 5.10 Å². The topological polar surface area (TPSA) is 105 Å². The van der Waals surface area contributed by atoms with Gasteiger partial charge in [0.1, 0.15) is 5.82 Å². The van der Waals surface area contributed by atoms with Crippen LogP contribution in [0.4, 0.5) is 10.1 Å². The molecule has 0 bridgehead atoms. The van der Waals surface area contributed by atoms with Crippen LogP contribution in [0.5, 0.6) is 0 Å². The van der Waals surface area contributed by atoms with Crippen molar-refractivity contribution in [1.29, 1.82) is 0 Å². The van der Waals surface area contributed by atoms with Crippen molar-refractivity contribution in [2.24, 2.45) is 10.9 Å². The number of rotatable bonds is 6. The minimum atomic E-state index is -0.688. The lowest BCUT2D eigenvalue weighted by atomic mass is 9.74. The quantitative estimate of drug-likeness (QED) is 0.259. The molecule has 0 aliphatic carbocycles. The molecule has 0 aromatic heterocycles. The molecule has 2 N–H and O–H groups in total. The third-order valence-electron chi connectivity index (χ3n) is 5.70. The molecule has 1 aromatic carbocycles.